The number of nitrogens with zero attached hydrogens (tertiary/aromatic N) is 1. The van der Waals surface area contributed by atoms with Crippen LogP contribution in [0.1, 0.15) is 50.8 Å². The molecule has 0 aliphatic carbocycles. The molecule has 5 heteroatoms. The molecule has 0 saturated carbocycles. The molecule has 2 aromatic rings. The first kappa shape index (κ1) is 23.9. The Morgan fingerprint density at radius 1 is 0.933 bits per heavy atom. The molecule has 162 valence electrons. The SMILES string of the molecule is CCc1ccc(CCC(=O)N(Cc2ccc(Cl)cc2)C(C)C(=O)NCC(C)C)cc1. The average molecular weight is 429 g/mol. The third-order valence-electron chi connectivity index (χ3n) is 5.18. The molecule has 1 atom stereocenters. The van der Waals surface area contributed by atoms with E-state index in [1.807, 2.05) is 26.0 Å². The highest BCUT2D eigenvalue weighted by Crippen LogP contribution is 2.16. The topological polar surface area (TPSA) is 49.4 Å². The largest absolute Gasteiger partial charge is 0.354 e. The van der Waals surface area contributed by atoms with Gasteiger partial charge in [-0.1, -0.05) is 68.8 Å². The number of hydrogen-bond donors (Lipinski definition) is 1. The van der Waals surface area contributed by atoms with Crippen molar-refractivity contribution in [1.82, 2.24) is 10.2 Å². The van der Waals surface area contributed by atoms with Crippen LogP contribution in [0.2, 0.25) is 5.02 Å². The lowest BCUT2D eigenvalue weighted by Gasteiger charge is -2.29. The lowest BCUT2D eigenvalue weighted by molar-refractivity contribution is -0.140. The molecule has 30 heavy (non-hydrogen) atoms. The summed E-state index contributed by atoms with van der Waals surface area (Å²) < 4.78 is 0. The molecular weight excluding hydrogens is 396 g/mol. The van der Waals surface area contributed by atoms with Crippen LogP contribution in [-0.4, -0.2) is 29.3 Å². The van der Waals surface area contributed by atoms with E-state index in [1.54, 1.807) is 24.0 Å². The van der Waals surface area contributed by atoms with Gasteiger partial charge in [0.1, 0.15) is 6.04 Å². The standard InChI is InChI=1S/C25H33ClN2O2/c1-5-20-6-8-21(9-7-20)12-15-24(29)28(17-22-10-13-23(26)14-11-22)19(4)25(30)27-16-18(2)3/h6-11,13-14,18-19H,5,12,15-17H2,1-4H3,(H,27,30). The Bertz CT molecular complexity index is 816. The van der Waals surface area contributed by atoms with E-state index in [9.17, 15) is 9.59 Å². The van der Waals surface area contributed by atoms with Gasteiger partial charge in [-0.2, -0.15) is 0 Å². The molecule has 1 unspecified atom stereocenters. The second-order valence-corrected chi connectivity index (χ2v) is 8.57. The van der Waals surface area contributed by atoms with Crippen molar-refractivity contribution < 1.29 is 9.59 Å². The Hall–Kier alpha value is -2.33. The second kappa shape index (κ2) is 11.8. The molecule has 0 bridgehead atoms. The van der Waals surface area contributed by atoms with Crippen molar-refractivity contribution in [3.8, 4) is 0 Å². The summed E-state index contributed by atoms with van der Waals surface area (Å²) in [6.45, 7) is 8.98. The lowest BCUT2D eigenvalue weighted by Crippen LogP contribution is -2.48. The number of carbonyl (C=O) groups excluding carboxylic acids is 2. The van der Waals surface area contributed by atoms with E-state index in [-0.39, 0.29) is 11.8 Å². The summed E-state index contributed by atoms with van der Waals surface area (Å²) in [5.41, 5.74) is 3.36. The fourth-order valence-electron chi connectivity index (χ4n) is 3.16. The zero-order chi connectivity index (χ0) is 22.1. The van der Waals surface area contributed by atoms with Gasteiger partial charge in [0, 0.05) is 24.5 Å². The van der Waals surface area contributed by atoms with E-state index in [0.29, 0.717) is 36.9 Å². The first-order valence-electron chi connectivity index (χ1n) is 10.7. The van der Waals surface area contributed by atoms with Crippen LogP contribution in [0.25, 0.3) is 0 Å². The van der Waals surface area contributed by atoms with Gasteiger partial charge in [0.05, 0.1) is 0 Å². The van der Waals surface area contributed by atoms with E-state index in [1.165, 1.54) is 5.56 Å². The fraction of sp³-hybridized carbons (Fsp3) is 0.440. The number of hydrogen-bond acceptors (Lipinski definition) is 2. The van der Waals surface area contributed by atoms with Gasteiger partial charge in [-0.25, -0.2) is 0 Å². The van der Waals surface area contributed by atoms with Gasteiger partial charge < -0.3 is 10.2 Å². The third-order valence-corrected chi connectivity index (χ3v) is 5.43. The zero-order valence-corrected chi connectivity index (χ0v) is 19.2. The summed E-state index contributed by atoms with van der Waals surface area (Å²) in [6, 6.07) is 15.2. The Kier molecular flexibility index (Phi) is 9.38. The summed E-state index contributed by atoms with van der Waals surface area (Å²) in [4.78, 5) is 27.4. The molecule has 0 aliphatic heterocycles. The van der Waals surface area contributed by atoms with E-state index in [4.69, 9.17) is 11.6 Å². The van der Waals surface area contributed by atoms with Gasteiger partial charge in [-0.05, 0) is 54.5 Å². The summed E-state index contributed by atoms with van der Waals surface area (Å²) in [6.07, 6.45) is 2.01. The van der Waals surface area contributed by atoms with E-state index >= 15 is 0 Å². The summed E-state index contributed by atoms with van der Waals surface area (Å²) in [5, 5.41) is 3.59. The van der Waals surface area contributed by atoms with Crippen molar-refractivity contribution >= 4 is 23.4 Å². The minimum Gasteiger partial charge on any atom is -0.354 e. The minimum atomic E-state index is -0.547. The number of rotatable bonds is 10. The van der Waals surface area contributed by atoms with E-state index < -0.39 is 6.04 Å². The third kappa shape index (κ3) is 7.49. The second-order valence-electron chi connectivity index (χ2n) is 8.13. The number of halogens is 1. The maximum Gasteiger partial charge on any atom is 0.242 e. The minimum absolute atomic E-state index is 0.0308. The number of nitrogens with one attached hydrogen (secondary N) is 1. The van der Waals surface area contributed by atoms with Crippen LogP contribution < -0.4 is 5.32 Å². The normalized spacial score (nSPS) is 11.9. The molecule has 0 fully saturated rings. The Morgan fingerprint density at radius 2 is 1.50 bits per heavy atom. The van der Waals surface area contributed by atoms with Gasteiger partial charge >= 0.3 is 0 Å². The average Bonchev–Trinajstić information content (AvgIpc) is 2.75. The molecule has 0 saturated heterocycles. The van der Waals surface area contributed by atoms with Gasteiger partial charge in [0.2, 0.25) is 11.8 Å². The van der Waals surface area contributed by atoms with Crippen LogP contribution in [0.3, 0.4) is 0 Å². The molecule has 2 rings (SSSR count). The van der Waals surface area contributed by atoms with Crippen LogP contribution in [0.15, 0.2) is 48.5 Å². The van der Waals surface area contributed by atoms with Gasteiger partial charge in [0.25, 0.3) is 0 Å². The van der Waals surface area contributed by atoms with Crippen LogP contribution in [0.4, 0.5) is 0 Å². The Labute approximate surface area is 185 Å². The number of benzene rings is 2. The quantitative estimate of drug-likeness (QED) is 0.577. The van der Waals surface area contributed by atoms with Crippen LogP contribution in [-0.2, 0) is 29.0 Å². The van der Waals surface area contributed by atoms with E-state index in [2.05, 4.69) is 36.5 Å². The molecule has 0 aromatic heterocycles. The number of amides is 2. The maximum atomic E-state index is 13.1. The molecule has 0 spiro atoms. The molecule has 0 radical (unpaired) electrons. The number of aryl methyl sites for hydroxylation is 2. The van der Waals surface area contributed by atoms with Crippen molar-refractivity contribution in [2.24, 2.45) is 5.92 Å². The van der Waals surface area contributed by atoms with Crippen LogP contribution in [0.5, 0.6) is 0 Å². The lowest BCUT2D eigenvalue weighted by atomic mass is 10.0. The van der Waals surface area contributed by atoms with Crippen LogP contribution >= 0.6 is 11.6 Å². The van der Waals surface area contributed by atoms with Crippen molar-refractivity contribution in [2.75, 3.05) is 6.54 Å². The predicted octanol–water partition coefficient (Wildman–Crippen LogP) is 5.02. The fourth-order valence-corrected chi connectivity index (χ4v) is 3.28. The molecule has 0 aliphatic rings. The van der Waals surface area contributed by atoms with Gasteiger partial charge in [-0.3, -0.25) is 9.59 Å². The summed E-state index contributed by atoms with van der Waals surface area (Å²) >= 11 is 5.99. The maximum absolute atomic E-state index is 13.1. The summed E-state index contributed by atoms with van der Waals surface area (Å²) in [5.74, 6) is 0.197. The van der Waals surface area contributed by atoms with Crippen molar-refractivity contribution in [1.29, 1.82) is 0 Å². The molecule has 4 nitrogen and oxygen atoms in total. The van der Waals surface area contributed by atoms with E-state index in [0.717, 1.165) is 17.5 Å². The highest BCUT2D eigenvalue weighted by Gasteiger charge is 2.26. The summed E-state index contributed by atoms with van der Waals surface area (Å²) in [7, 11) is 0. The highest BCUT2D eigenvalue weighted by atomic mass is 35.5. The molecular formula is C25H33ClN2O2. The van der Waals surface area contributed by atoms with Crippen molar-refractivity contribution in [2.45, 2.75) is 59.5 Å². The molecule has 2 amide bonds. The first-order valence-corrected chi connectivity index (χ1v) is 11.1. The van der Waals surface area contributed by atoms with Crippen molar-refractivity contribution in [3.05, 3.63) is 70.2 Å². The molecule has 1 N–H and O–H groups in total. The predicted molar refractivity (Wildman–Crippen MR) is 123 cm³/mol. The smallest absolute Gasteiger partial charge is 0.242 e. The number of carbonyl (C=O) groups is 2. The first-order chi connectivity index (χ1) is 14.3. The highest BCUT2D eigenvalue weighted by molar-refractivity contribution is 6.30. The van der Waals surface area contributed by atoms with Crippen molar-refractivity contribution in [3.63, 3.8) is 0 Å². The monoisotopic (exact) mass is 428 g/mol. The molecule has 2 aromatic carbocycles. The Morgan fingerprint density at radius 3 is 2.07 bits per heavy atom. The van der Waals surface area contributed by atoms with Crippen LogP contribution in [0, 0.1) is 5.92 Å². The van der Waals surface area contributed by atoms with Gasteiger partial charge in [-0.15, -0.1) is 0 Å². The molecule has 0 heterocycles. The Balaban J connectivity index is 2.10. The zero-order valence-electron chi connectivity index (χ0n) is 18.5. The van der Waals surface area contributed by atoms with Gasteiger partial charge in [0.15, 0.2) is 0 Å².